The molecule has 1 heterocycles. The lowest BCUT2D eigenvalue weighted by molar-refractivity contribution is 0.102. The van der Waals surface area contributed by atoms with Crippen molar-refractivity contribution in [3.8, 4) is 11.5 Å². The largest absolute Gasteiger partial charge is 0.508 e. The van der Waals surface area contributed by atoms with Gasteiger partial charge in [-0.3, -0.25) is 9.89 Å². The molecule has 1 aromatic carbocycles. The van der Waals surface area contributed by atoms with Gasteiger partial charge in [-0.1, -0.05) is 0 Å². The van der Waals surface area contributed by atoms with Crippen molar-refractivity contribution >= 4 is 11.6 Å². The highest BCUT2D eigenvalue weighted by molar-refractivity contribution is 6.04. The molecule has 0 saturated carbocycles. The number of aromatic amines is 1. The normalized spacial score (nSPS) is 10.0. The minimum absolute atomic E-state index is 0.165. The average Bonchev–Trinajstić information content (AvgIpc) is 2.68. The van der Waals surface area contributed by atoms with Crippen molar-refractivity contribution in [2.24, 2.45) is 0 Å². The highest BCUT2D eigenvalue weighted by Gasteiger charge is 2.09. The minimum Gasteiger partial charge on any atom is -0.508 e. The number of anilines is 1. The fraction of sp³-hybridized carbons (Fsp3) is 0. The predicted molar refractivity (Wildman–Crippen MR) is 56.3 cm³/mol. The molecule has 0 aliphatic rings. The number of hydrogen-bond donors (Lipinski definition) is 4. The van der Waals surface area contributed by atoms with E-state index in [0.717, 1.165) is 6.07 Å². The van der Waals surface area contributed by atoms with Crippen LogP contribution in [0.2, 0.25) is 0 Å². The molecule has 16 heavy (non-hydrogen) atoms. The molecule has 82 valence electrons. The molecule has 6 nitrogen and oxygen atoms in total. The molecule has 2 rings (SSSR count). The zero-order chi connectivity index (χ0) is 11.5. The first-order valence-electron chi connectivity index (χ1n) is 4.48. The molecule has 0 aliphatic carbocycles. The number of nitrogens with one attached hydrogen (secondary N) is 2. The van der Waals surface area contributed by atoms with E-state index in [9.17, 15) is 15.0 Å². The van der Waals surface area contributed by atoms with Crippen LogP contribution in [0.1, 0.15) is 10.4 Å². The van der Waals surface area contributed by atoms with Gasteiger partial charge in [-0.25, -0.2) is 0 Å². The zero-order valence-corrected chi connectivity index (χ0v) is 8.14. The van der Waals surface area contributed by atoms with Crippen LogP contribution in [0, 0.1) is 0 Å². The summed E-state index contributed by atoms with van der Waals surface area (Å²) < 4.78 is 0. The number of carbonyl (C=O) groups excluding carboxylic acids is 1. The van der Waals surface area contributed by atoms with Crippen LogP contribution in [0.3, 0.4) is 0 Å². The van der Waals surface area contributed by atoms with Crippen LogP contribution in [0.5, 0.6) is 11.5 Å². The van der Waals surface area contributed by atoms with Crippen LogP contribution in [-0.2, 0) is 0 Å². The molecule has 0 fully saturated rings. The van der Waals surface area contributed by atoms with Crippen LogP contribution >= 0.6 is 0 Å². The van der Waals surface area contributed by atoms with Crippen molar-refractivity contribution in [3.05, 3.63) is 36.2 Å². The second-order valence-corrected chi connectivity index (χ2v) is 3.18. The third-order valence-electron chi connectivity index (χ3n) is 1.92. The van der Waals surface area contributed by atoms with E-state index < -0.39 is 5.91 Å². The Kier molecular flexibility index (Phi) is 2.47. The Morgan fingerprint density at radius 1 is 1.25 bits per heavy atom. The summed E-state index contributed by atoms with van der Waals surface area (Å²) in [5, 5.41) is 27.2. The van der Waals surface area contributed by atoms with Gasteiger partial charge in [0.15, 0.2) is 0 Å². The van der Waals surface area contributed by atoms with Gasteiger partial charge in [-0.15, -0.1) is 0 Å². The molecule has 2 aromatic rings. The molecule has 0 atom stereocenters. The third kappa shape index (κ3) is 2.11. The molecule has 1 aromatic heterocycles. The Morgan fingerprint density at radius 3 is 2.50 bits per heavy atom. The number of rotatable bonds is 2. The highest BCUT2D eigenvalue weighted by Crippen LogP contribution is 2.21. The molecular weight excluding hydrogens is 210 g/mol. The summed E-state index contributed by atoms with van der Waals surface area (Å²) in [5.74, 6) is -0.776. The van der Waals surface area contributed by atoms with Gasteiger partial charge < -0.3 is 15.5 Å². The number of nitrogens with zero attached hydrogens (tertiary/aromatic N) is 1. The van der Waals surface area contributed by atoms with Crippen molar-refractivity contribution in [1.82, 2.24) is 10.2 Å². The van der Waals surface area contributed by atoms with Crippen LogP contribution in [-0.4, -0.2) is 26.3 Å². The lowest BCUT2D eigenvalue weighted by Gasteiger charge is -2.03. The smallest absolute Gasteiger partial charge is 0.256 e. The molecule has 4 N–H and O–H groups in total. The first-order valence-corrected chi connectivity index (χ1v) is 4.48. The molecule has 0 unspecified atom stereocenters. The number of phenolic OH excluding ortho intramolecular Hbond substituents is 2. The van der Waals surface area contributed by atoms with Crippen molar-refractivity contribution in [1.29, 1.82) is 0 Å². The average molecular weight is 219 g/mol. The maximum Gasteiger partial charge on any atom is 0.256 e. The molecule has 0 bridgehead atoms. The lowest BCUT2D eigenvalue weighted by Crippen LogP contribution is -2.11. The zero-order valence-electron chi connectivity index (χ0n) is 8.14. The van der Waals surface area contributed by atoms with Gasteiger partial charge in [0, 0.05) is 17.8 Å². The van der Waals surface area contributed by atoms with E-state index in [1.165, 1.54) is 24.5 Å². The van der Waals surface area contributed by atoms with Crippen molar-refractivity contribution < 1.29 is 15.0 Å². The summed E-state index contributed by atoms with van der Waals surface area (Å²) in [5.41, 5.74) is 0.673. The van der Waals surface area contributed by atoms with Gasteiger partial charge in [0.25, 0.3) is 5.91 Å². The molecule has 0 aliphatic heterocycles. The maximum absolute atomic E-state index is 11.6. The van der Waals surface area contributed by atoms with Gasteiger partial charge in [0.1, 0.15) is 11.5 Å². The van der Waals surface area contributed by atoms with Gasteiger partial charge in [0.05, 0.1) is 11.9 Å². The van der Waals surface area contributed by atoms with Crippen molar-refractivity contribution in [2.75, 3.05) is 5.32 Å². The van der Waals surface area contributed by atoms with E-state index in [4.69, 9.17) is 0 Å². The Balaban J connectivity index is 2.21. The van der Waals surface area contributed by atoms with E-state index in [1.54, 1.807) is 0 Å². The van der Waals surface area contributed by atoms with Gasteiger partial charge >= 0.3 is 0 Å². The highest BCUT2D eigenvalue weighted by atomic mass is 16.3. The SMILES string of the molecule is O=C(Nc1cn[nH]c1)c1cc(O)cc(O)c1. The van der Waals surface area contributed by atoms with Crippen LogP contribution in [0.4, 0.5) is 5.69 Å². The molecule has 0 radical (unpaired) electrons. The summed E-state index contributed by atoms with van der Waals surface area (Å²) in [4.78, 5) is 11.6. The Hall–Kier alpha value is -2.50. The number of amides is 1. The topological polar surface area (TPSA) is 98.2 Å². The molecule has 6 heteroatoms. The lowest BCUT2D eigenvalue weighted by atomic mass is 10.2. The summed E-state index contributed by atoms with van der Waals surface area (Å²) in [6, 6.07) is 3.67. The summed E-state index contributed by atoms with van der Waals surface area (Å²) in [7, 11) is 0. The number of benzene rings is 1. The minimum atomic E-state index is -0.437. The van der Waals surface area contributed by atoms with E-state index in [0.29, 0.717) is 5.69 Å². The Morgan fingerprint density at radius 2 is 1.94 bits per heavy atom. The fourth-order valence-electron chi connectivity index (χ4n) is 1.25. The molecular formula is C10H9N3O3. The summed E-state index contributed by atoms with van der Waals surface area (Å²) >= 11 is 0. The number of aromatic hydroxyl groups is 2. The van der Waals surface area contributed by atoms with E-state index in [-0.39, 0.29) is 17.1 Å². The van der Waals surface area contributed by atoms with E-state index in [1.807, 2.05) is 0 Å². The Bertz CT molecular complexity index is 488. The monoisotopic (exact) mass is 219 g/mol. The fourth-order valence-corrected chi connectivity index (χ4v) is 1.25. The molecule has 1 amide bonds. The van der Waals surface area contributed by atoms with Crippen LogP contribution in [0.25, 0.3) is 0 Å². The summed E-state index contributed by atoms with van der Waals surface area (Å²) in [6.07, 6.45) is 2.96. The first kappa shape index (κ1) is 10.0. The second kappa shape index (κ2) is 3.93. The van der Waals surface area contributed by atoms with Crippen LogP contribution < -0.4 is 5.32 Å². The predicted octanol–water partition coefficient (Wildman–Crippen LogP) is 1.07. The Labute approximate surface area is 90.6 Å². The van der Waals surface area contributed by atoms with Crippen LogP contribution in [0.15, 0.2) is 30.6 Å². The maximum atomic E-state index is 11.6. The van der Waals surface area contributed by atoms with Gasteiger partial charge in [-0.2, -0.15) is 5.10 Å². The van der Waals surface area contributed by atoms with E-state index in [2.05, 4.69) is 15.5 Å². The summed E-state index contributed by atoms with van der Waals surface area (Å²) in [6.45, 7) is 0. The molecule has 0 spiro atoms. The molecule has 0 saturated heterocycles. The standard InChI is InChI=1S/C10H9N3O3/c14-8-1-6(2-9(15)3-8)10(16)13-7-4-11-12-5-7/h1-5,14-15H,(H,11,12)(H,13,16). The van der Waals surface area contributed by atoms with Gasteiger partial charge in [-0.05, 0) is 12.1 Å². The van der Waals surface area contributed by atoms with E-state index >= 15 is 0 Å². The van der Waals surface area contributed by atoms with Crippen molar-refractivity contribution in [2.45, 2.75) is 0 Å². The van der Waals surface area contributed by atoms with Gasteiger partial charge in [0.2, 0.25) is 0 Å². The number of H-pyrrole nitrogens is 1. The van der Waals surface area contributed by atoms with Crippen molar-refractivity contribution in [3.63, 3.8) is 0 Å². The second-order valence-electron chi connectivity index (χ2n) is 3.18. The number of hydrogen-bond acceptors (Lipinski definition) is 4. The first-order chi connectivity index (χ1) is 7.65. The number of phenols is 2. The number of aromatic nitrogens is 2. The third-order valence-corrected chi connectivity index (χ3v) is 1.92. The quantitative estimate of drug-likeness (QED) is 0.607. The number of carbonyl (C=O) groups is 1.